The third kappa shape index (κ3) is 4.30. The second-order valence-electron chi connectivity index (χ2n) is 6.87. The number of aromatic nitrogens is 2. The minimum Gasteiger partial charge on any atom is -0.320 e. The van der Waals surface area contributed by atoms with Gasteiger partial charge >= 0.3 is 0 Å². The SMILES string of the molecule is O=C(Nc1cnccc1-c1ccc([N+](=O)[O-])cc1)c1ccnc(NC(=O)C2CC2)c1. The zero-order chi connectivity index (χ0) is 21.1. The van der Waals surface area contributed by atoms with Crippen LogP contribution in [0.15, 0.2) is 61.1 Å². The van der Waals surface area contributed by atoms with Crippen molar-refractivity contribution < 1.29 is 14.5 Å². The van der Waals surface area contributed by atoms with Crippen molar-refractivity contribution in [2.24, 2.45) is 5.92 Å². The molecule has 4 rings (SSSR count). The molecule has 0 atom stereocenters. The minimum atomic E-state index is -0.470. The molecule has 1 aromatic carbocycles. The van der Waals surface area contributed by atoms with Gasteiger partial charge in [-0.15, -0.1) is 0 Å². The number of hydrogen-bond donors (Lipinski definition) is 2. The fourth-order valence-corrected chi connectivity index (χ4v) is 2.92. The zero-order valence-corrected chi connectivity index (χ0v) is 15.7. The summed E-state index contributed by atoms with van der Waals surface area (Å²) in [6.45, 7) is 0. The van der Waals surface area contributed by atoms with Crippen molar-refractivity contribution in [3.63, 3.8) is 0 Å². The lowest BCUT2D eigenvalue weighted by molar-refractivity contribution is -0.384. The van der Waals surface area contributed by atoms with E-state index in [2.05, 4.69) is 20.6 Å². The molecule has 0 bridgehead atoms. The molecule has 9 nitrogen and oxygen atoms in total. The number of nitrogens with one attached hydrogen (secondary N) is 2. The average Bonchev–Trinajstić information content (AvgIpc) is 3.60. The van der Waals surface area contributed by atoms with Gasteiger partial charge in [0, 0.05) is 41.6 Å². The van der Waals surface area contributed by atoms with E-state index < -0.39 is 10.8 Å². The van der Waals surface area contributed by atoms with Gasteiger partial charge in [0.05, 0.1) is 16.8 Å². The minimum absolute atomic E-state index is 0.0176. The predicted molar refractivity (Wildman–Crippen MR) is 110 cm³/mol. The Morgan fingerprint density at radius 3 is 2.50 bits per heavy atom. The first-order chi connectivity index (χ1) is 14.5. The van der Waals surface area contributed by atoms with Crippen LogP contribution in [0, 0.1) is 16.0 Å². The largest absolute Gasteiger partial charge is 0.320 e. The molecule has 1 saturated carbocycles. The molecular formula is C21H17N5O4. The van der Waals surface area contributed by atoms with Gasteiger partial charge in [-0.2, -0.15) is 0 Å². The van der Waals surface area contributed by atoms with E-state index in [-0.39, 0.29) is 17.5 Å². The molecule has 0 saturated heterocycles. The van der Waals surface area contributed by atoms with Gasteiger partial charge in [-0.1, -0.05) is 0 Å². The Bertz CT molecular complexity index is 1130. The molecule has 2 N–H and O–H groups in total. The summed E-state index contributed by atoms with van der Waals surface area (Å²) in [4.78, 5) is 43.2. The molecule has 2 amide bonds. The molecule has 3 aromatic rings. The fourth-order valence-electron chi connectivity index (χ4n) is 2.92. The number of pyridine rings is 2. The maximum absolute atomic E-state index is 12.8. The number of carbonyl (C=O) groups excluding carboxylic acids is 2. The van der Waals surface area contributed by atoms with Gasteiger partial charge in [0.1, 0.15) is 5.82 Å². The van der Waals surface area contributed by atoms with Crippen LogP contribution in [0.3, 0.4) is 0 Å². The Hall–Kier alpha value is -4.14. The lowest BCUT2D eigenvalue weighted by atomic mass is 10.0. The summed E-state index contributed by atoms with van der Waals surface area (Å²) < 4.78 is 0. The Labute approximate surface area is 171 Å². The van der Waals surface area contributed by atoms with Gasteiger partial charge < -0.3 is 10.6 Å². The molecule has 1 aliphatic carbocycles. The molecule has 2 aromatic heterocycles. The van der Waals surface area contributed by atoms with Gasteiger partial charge in [-0.3, -0.25) is 24.7 Å². The first kappa shape index (κ1) is 19.2. The Balaban J connectivity index is 1.54. The van der Waals surface area contributed by atoms with Crippen molar-refractivity contribution in [2.45, 2.75) is 12.8 Å². The number of anilines is 2. The normalized spacial score (nSPS) is 12.8. The molecule has 0 radical (unpaired) electrons. The van der Waals surface area contributed by atoms with E-state index in [9.17, 15) is 19.7 Å². The summed E-state index contributed by atoms with van der Waals surface area (Å²) in [5.41, 5.74) is 2.14. The van der Waals surface area contributed by atoms with Crippen LogP contribution in [-0.4, -0.2) is 26.7 Å². The number of nitro groups is 1. The van der Waals surface area contributed by atoms with Crippen LogP contribution in [0.5, 0.6) is 0 Å². The number of benzene rings is 1. The van der Waals surface area contributed by atoms with Crippen LogP contribution in [0.1, 0.15) is 23.2 Å². The lowest BCUT2D eigenvalue weighted by Crippen LogP contribution is -2.16. The van der Waals surface area contributed by atoms with Gasteiger partial charge in [0.15, 0.2) is 0 Å². The third-order valence-corrected chi connectivity index (χ3v) is 4.68. The third-order valence-electron chi connectivity index (χ3n) is 4.68. The number of carbonyl (C=O) groups is 2. The fraction of sp³-hybridized carbons (Fsp3) is 0.143. The molecule has 30 heavy (non-hydrogen) atoms. The first-order valence-corrected chi connectivity index (χ1v) is 9.28. The number of non-ortho nitro benzene ring substituents is 1. The molecule has 2 heterocycles. The van der Waals surface area contributed by atoms with Gasteiger partial charge in [-0.25, -0.2) is 4.98 Å². The van der Waals surface area contributed by atoms with Crippen molar-refractivity contribution in [3.8, 4) is 11.1 Å². The molecule has 0 spiro atoms. The quantitative estimate of drug-likeness (QED) is 0.478. The highest BCUT2D eigenvalue weighted by Gasteiger charge is 2.29. The molecule has 150 valence electrons. The second kappa shape index (κ2) is 8.08. The van der Waals surface area contributed by atoms with E-state index in [4.69, 9.17) is 0 Å². The summed E-state index contributed by atoms with van der Waals surface area (Å²) in [5, 5.41) is 16.4. The summed E-state index contributed by atoms with van der Waals surface area (Å²) in [5.74, 6) is -0.131. The second-order valence-corrected chi connectivity index (χ2v) is 6.87. The summed E-state index contributed by atoms with van der Waals surface area (Å²) in [6, 6.07) is 10.8. The van der Waals surface area contributed by atoms with E-state index in [1.54, 1.807) is 30.5 Å². The van der Waals surface area contributed by atoms with Gasteiger partial charge in [0.25, 0.3) is 11.6 Å². The van der Waals surface area contributed by atoms with Crippen LogP contribution in [-0.2, 0) is 4.79 Å². The number of amides is 2. The van der Waals surface area contributed by atoms with E-state index in [0.29, 0.717) is 28.2 Å². The van der Waals surface area contributed by atoms with E-state index in [1.165, 1.54) is 30.6 Å². The highest BCUT2D eigenvalue weighted by Crippen LogP contribution is 2.30. The first-order valence-electron chi connectivity index (χ1n) is 9.28. The van der Waals surface area contributed by atoms with Crippen LogP contribution in [0.4, 0.5) is 17.2 Å². The molecule has 1 aliphatic rings. The Morgan fingerprint density at radius 1 is 1.03 bits per heavy atom. The maximum atomic E-state index is 12.8. The number of nitrogens with zero attached hydrogens (tertiary/aromatic N) is 3. The Kier molecular flexibility index (Phi) is 5.17. The van der Waals surface area contributed by atoms with Crippen LogP contribution < -0.4 is 10.6 Å². The predicted octanol–water partition coefficient (Wildman–Crippen LogP) is 3.65. The summed E-state index contributed by atoms with van der Waals surface area (Å²) in [6.07, 6.45) is 6.28. The zero-order valence-electron chi connectivity index (χ0n) is 15.7. The van der Waals surface area contributed by atoms with E-state index >= 15 is 0 Å². The van der Waals surface area contributed by atoms with Crippen molar-refractivity contribution in [2.75, 3.05) is 10.6 Å². The average molecular weight is 403 g/mol. The molecule has 0 unspecified atom stereocenters. The monoisotopic (exact) mass is 403 g/mol. The van der Waals surface area contributed by atoms with Crippen LogP contribution >= 0.6 is 0 Å². The molecule has 1 fully saturated rings. The topological polar surface area (TPSA) is 127 Å². The highest BCUT2D eigenvalue weighted by atomic mass is 16.6. The maximum Gasteiger partial charge on any atom is 0.269 e. The van der Waals surface area contributed by atoms with Crippen molar-refractivity contribution in [1.82, 2.24) is 9.97 Å². The Morgan fingerprint density at radius 2 is 1.80 bits per heavy atom. The highest BCUT2D eigenvalue weighted by molar-refractivity contribution is 6.07. The molecular weight excluding hydrogens is 386 g/mol. The standard InChI is InChI=1S/C21H17N5O4/c27-20(14-1-2-14)25-19-11-15(7-10-23-19)21(28)24-18-12-22-9-8-17(18)13-3-5-16(6-4-13)26(29)30/h3-12,14H,1-2H2,(H,24,28)(H,23,25,27). The summed E-state index contributed by atoms with van der Waals surface area (Å²) in [7, 11) is 0. The van der Waals surface area contributed by atoms with Gasteiger partial charge in [-0.05, 0) is 48.7 Å². The summed E-state index contributed by atoms with van der Waals surface area (Å²) >= 11 is 0. The number of nitro benzene ring substituents is 1. The lowest BCUT2D eigenvalue weighted by Gasteiger charge is -2.11. The smallest absolute Gasteiger partial charge is 0.269 e. The van der Waals surface area contributed by atoms with Crippen molar-refractivity contribution >= 4 is 29.0 Å². The van der Waals surface area contributed by atoms with Crippen LogP contribution in [0.25, 0.3) is 11.1 Å². The van der Waals surface area contributed by atoms with E-state index in [1.807, 2.05) is 0 Å². The van der Waals surface area contributed by atoms with E-state index in [0.717, 1.165) is 12.8 Å². The van der Waals surface area contributed by atoms with Crippen molar-refractivity contribution in [1.29, 1.82) is 0 Å². The molecule has 9 heteroatoms. The van der Waals surface area contributed by atoms with Crippen LogP contribution in [0.2, 0.25) is 0 Å². The van der Waals surface area contributed by atoms with Crippen molar-refractivity contribution in [3.05, 3.63) is 76.7 Å². The molecule has 0 aliphatic heterocycles. The number of rotatable bonds is 6. The number of hydrogen-bond acceptors (Lipinski definition) is 6. The van der Waals surface area contributed by atoms with Gasteiger partial charge in [0.2, 0.25) is 5.91 Å².